The van der Waals surface area contributed by atoms with E-state index >= 15 is 0 Å². The second-order valence-corrected chi connectivity index (χ2v) is 7.33. The molecule has 1 aliphatic rings. The minimum atomic E-state index is -0.256. The summed E-state index contributed by atoms with van der Waals surface area (Å²) in [4.78, 5) is 27.3. The van der Waals surface area contributed by atoms with Crippen molar-refractivity contribution >= 4 is 46.9 Å². The normalized spacial score (nSPS) is 12.5. The maximum atomic E-state index is 12.7. The average molecular weight is 403 g/mol. The molecule has 0 bridgehead atoms. The largest absolute Gasteiger partial charge is 0.488 e. The lowest BCUT2D eigenvalue weighted by molar-refractivity contribution is -0.130. The predicted molar refractivity (Wildman–Crippen MR) is 109 cm³/mol. The van der Waals surface area contributed by atoms with Crippen molar-refractivity contribution in [2.45, 2.75) is 4.90 Å². The first-order valence-electron chi connectivity index (χ1n) is 8.29. The van der Waals surface area contributed by atoms with Gasteiger partial charge in [-0.15, -0.1) is 11.8 Å². The van der Waals surface area contributed by atoms with E-state index in [1.165, 1.54) is 4.90 Å². The van der Waals surface area contributed by atoms with Crippen LogP contribution >= 0.6 is 23.4 Å². The average Bonchev–Trinajstić information content (AvgIpc) is 2.67. The molecule has 27 heavy (non-hydrogen) atoms. The molecule has 5 nitrogen and oxygen atoms in total. The van der Waals surface area contributed by atoms with Crippen molar-refractivity contribution in [1.82, 2.24) is 4.90 Å². The van der Waals surface area contributed by atoms with E-state index in [1.807, 2.05) is 30.5 Å². The van der Waals surface area contributed by atoms with Crippen molar-refractivity contribution < 1.29 is 14.3 Å². The van der Waals surface area contributed by atoms with Crippen molar-refractivity contribution in [3.63, 3.8) is 0 Å². The molecule has 0 saturated carbocycles. The van der Waals surface area contributed by atoms with Gasteiger partial charge in [-0.05, 0) is 42.7 Å². The summed E-state index contributed by atoms with van der Waals surface area (Å²) in [7, 11) is 1.59. The molecule has 140 valence electrons. The van der Waals surface area contributed by atoms with Crippen LogP contribution in [0.1, 0.15) is 5.56 Å². The Hall–Kier alpha value is -2.44. The smallest absolute Gasteiger partial charge is 0.253 e. The lowest BCUT2D eigenvalue weighted by Crippen LogP contribution is -2.37. The molecule has 2 amide bonds. The van der Waals surface area contributed by atoms with E-state index in [9.17, 15) is 9.59 Å². The summed E-state index contributed by atoms with van der Waals surface area (Å²) in [6.07, 6.45) is 3.70. The number of anilines is 1. The standard InChI is InChI=1S/C20H19ClN2O3S/c1-23(11-19(24)22-16-5-3-4-6-18(16)27-2)20(25)14-9-13-10-15(21)7-8-17(13)26-12-14/h3-10H,11-12H2,1-2H3,(H,22,24). The molecule has 0 fully saturated rings. The fraction of sp³-hybridized carbons (Fsp3) is 0.200. The van der Waals surface area contributed by atoms with Crippen LogP contribution in [0, 0.1) is 0 Å². The third-order valence-electron chi connectivity index (χ3n) is 4.07. The summed E-state index contributed by atoms with van der Waals surface area (Å²) in [5, 5.41) is 3.42. The summed E-state index contributed by atoms with van der Waals surface area (Å²) >= 11 is 7.55. The molecule has 0 atom stereocenters. The molecule has 0 unspecified atom stereocenters. The summed E-state index contributed by atoms with van der Waals surface area (Å²) in [5.74, 6) is 0.173. The molecular weight excluding hydrogens is 384 g/mol. The van der Waals surface area contributed by atoms with E-state index in [0.717, 1.165) is 16.1 Å². The van der Waals surface area contributed by atoms with Gasteiger partial charge in [-0.3, -0.25) is 9.59 Å². The number of para-hydroxylation sites is 1. The van der Waals surface area contributed by atoms with Crippen molar-refractivity contribution in [1.29, 1.82) is 0 Å². The van der Waals surface area contributed by atoms with Gasteiger partial charge in [0, 0.05) is 22.5 Å². The van der Waals surface area contributed by atoms with Crippen LogP contribution in [0.4, 0.5) is 5.69 Å². The molecule has 0 spiro atoms. The number of carbonyl (C=O) groups excluding carboxylic acids is 2. The lowest BCUT2D eigenvalue weighted by atomic mass is 10.1. The molecule has 0 saturated heterocycles. The Labute approximate surface area is 167 Å². The minimum absolute atomic E-state index is 0.0543. The van der Waals surface area contributed by atoms with E-state index < -0.39 is 0 Å². The number of nitrogens with zero attached hydrogens (tertiary/aromatic N) is 1. The number of rotatable bonds is 5. The minimum Gasteiger partial charge on any atom is -0.488 e. The van der Waals surface area contributed by atoms with Crippen LogP contribution in [0.3, 0.4) is 0 Å². The number of likely N-dealkylation sites (N-methyl/N-ethyl adjacent to an activating group) is 1. The number of benzene rings is 2. The topological polar surface area (TPSA) is 58.6 Å². The highest BCUT2D eigenvalue weighted by molar-refractivity contribution is 7.98. The maximum Gasteiger partial charge on any atom is 0.253 e. The number of nitrogens with one attached hydrogen (secondary N) is 1. The summed E-state index contributed by atoms with van der Waals surface area (Å²) in [5.41, 5.74) is 1.97. The van der Waals surface area contributed by atoms with Crippen molar-refractivity contribution in [3.8, 4) is 5.75 Å². The molecule has 1 heterocycles. The van der Waals surface area contributed by atoms with E-state index in [1.54, 1.807) is 43.1 Å². The molecule has 1 N–H and O–H groups in total. The molecule has 2 aromatic carbocycles. The van der Waals surface area contributed by atoms with Crippen molar-refractivity contribution in [3.05, 3.63) is 58.6 Å². The summed E-state index contributed by atoms with van der Waals surface area (Å²) in [6, 6.07) is 12.8. The highest BCUT2D eigenvalue weighted by Crippen LogP contribution is 2.29. The first-order valence-corrected chi connectivity index (χ1v) is 9.89. The zero-order valence-corrected chi connectivity index (χ0v) is 16.6. The van der Waals surface area contributed by atoms with Crippen LogP contribution in [0.15, 0.2) is 52.9 Å². The quantitative estimate of drug-likeness (QED) is 0.770. The zero-order valence-electron chi connectivity index (χ0n) is 15.0. The second-order valence-electron chi connectivity index (χ2n) is 6.05. The molecule has 3 rings (SSSR count). The Bertz CT molecular complexity index is 914. The fourth-order valence-electron chi connectivity index (χ4n) is 2.74. The van der Waals surface area contributed by atoms with E-state index in [-0.39, 0.29) is 25.0 Å². The molecule has 2 aromatic rings. The third kappa shape index (κ3) is 4.64. The van der Waals surface area contributed by atoms with Gasteiger partial charge in [0.05, 0.1) is 17.8 Å². The molecule has 0 aromatic heterocycles. The second kappa shape index (κ2) is 8.50. The van der Waals surface area contributed by atoms with Crippen LogP contribution in [0.5, 0.6) is 5.75 Å². The maximum absolute atomic E-state index is 12.7. The van der Waals surface area contributed by atoms with Crippen LogP contribution in [0.2, 0.25) is 5.02 Å². The monoisotopic (exact) mass is 402 g/mol. The van der Waals surface area contributed by atoms with Crippen LogP contribution < -0.4 is 10.1 Å². The van der Waals surface area contributed by atoms with Gasteiger partial charge < -0.3 is 15.0 Å². The van der Waals surface area contributed by atoms with Gasteiger partial charge in [-0.1, -0.05) is 23.7 Å². The number of hydrogen-bond donors (Lipinski definition) is 1. The first kappa shape index (κ1) is 19.3. The van der Waals surface area contributed by atoms with E-state index in [2.05, 4.69) is 5.32 Å². The molecule has 0 aliphatic carbocycles. The number of hydrogen-bond acceptors (Lipinski definition) is 4. The number of ether oxygens (including phenoxy) is 1. The number of amides is 2. The lowest BCUT2D eigenvalue weighted by Gasteiger charge is -2.22. The summed E-state index contributed by atoms with van der Waals surface area (Å²) < 4.78 is 5.62. The van der Waals surface area contributed by atoms with Crippen LogP contribution in [0.25, 0.3) is 6.08 Å². The SMILES string of the molecule is CSc1ccccc1NC(=O)CN(C)C(=O)C1=Cc2cc(Cl)ccc2OC1. The van der Waals surface area contributed by atoms with Gasteiger partial charge in [-0.2, -0.15) is 0 Å². The van der Waals surface area contributed by atoms with Gasteiger partial charge in [-0.25, -0.2) is 0 Å². The highest BCUT2D eigenvalue weighted by Gasteiger charge is 2.22. The van der Waals surface area contributed by atoms with Gasteiger partial charge in [0.25, 0.3) is 5.91 Å². The Morgan fingerprint density at radius 3 is 2.81 bits per heavy atom. The fourth-order valence-corrected chi connectivity index (χ4v) is 3.48. The molecule has 0 radical (unpaired) electrons. The van der Waals surface area contributed by atoms with Crippen molar-refractivity contribution in [2.24, 2.45) is 0 Å². The first-order chi connectivity index (χ1) is 13.0. The molecule has 7 heteroatoms. The van der Waals surface area contributed by atoms with Crippen LogP contribution in [-0.4, -0.2) is 43.2 Å². The number of carbonyl (C=O) groups is 2. The van der Waals surface area contributed by atoms with Gasteiger partial charge >= 0.3 is 0 Å². The Balaban J connectivity index is 1.66. The Kier molecular flexibility index (Phi) is 6.08. The van der Waals surface area contributed by atoms with E-state index in [4.69, 9.17) is 16.3 Å². The molecular formula is C20H19ClN2O3S. The molecule has 1 aliphatic heterocycles. The zero-order chi connectivity index (χ0) is 19.4. The number of thioether (sulfide) groups is 1. The predicted octanol–water partition coefficient (Wildman–Crippen LogP) is 3.93. The summed E-state index contributed by atoms with van der Waals surface area (Å²) in [6.45, 7) is 0.107. The van der Waals surface area contributed by atoms with Crippen LogP contribution in [-0.2, 0) is 9.59 Å². The van der Waals surface area contributed by atoms with Gasteiger partial charge in [0.2, 0.25) is 5.91 Å². The van der Waals surface area contributed by atoms with Gasteiger partial charge in [0.1, 0.15) is 12.4 Å². The number of halogens is 1. The Morgan fingerprint density at radius 2 is 2.04 bits per heavy atom. The Morgan fingerprint density at radius 1 is 1.26 bits per heavy atom. The number of fused-ring (bicyclic) bond motifs is 1. The highest BCUT2D eigenvalue weighted by atomic mass is 35.5. The van der Waals surface area contributed by atoms with Gasteiger partial charge in [0.15, 0.2) is 0 Å². The third-order valence-corrected chi connectivity index (χ3v) is 5.10. The van der Waals surface area contributed by atoms with Crippen molar-refractivity contribution in [2.75, 3.05) is 31.8 Å². The van der Waals surface area contributed by atoms with E-state index in [0.29, 0.717) is 16.3 Å².